The highest BCUT2D eigenvalue weighted by molar-refractivity contribution is 5.71. The van der Waals surface area contributed by atoms with E-state index in [0.29, 0.717) is 12.3 Å². The van der Waals surface area contributed by atoms with Crippen molar-refractivity contribution in [3.05, 3.63) is 23.3 Å². The lowest BCUT2D eigenvalue weighted by Gasteiger charge is -2.27. The molecule has 214 valence electrons. The molecule has 0 bridgehead atoms. The second-order valence-corrected chi connectivity index (χ2v) is 13.0. The Labute approximate surface area is 229 Å². The summed E-state index contributed by atoms with van der Waals surface area (Å²) in [5, 5.41) is 13.5. The van der Waals surface area contributed by atoms with Gasteiger partial charge in [-0.1, -0.05) is 145 Å². The lowest BCUT2D eigenvalue weighted by molar-refractivity contribution is 0.199. The molecule has 37 heavy (non-hydrogen) atoms. The molecule has 0 saturated carbocycles. The second kappa shape index (κ2) is 17.7. The SMILES string of the molecule is CCCCCCCCCCCCCCCCCCNC(=O)Oc1cc(C(C)(C)C)c(O)cc1C(C)(C)C. The standard InChI is InChI=1S/C33H59NO3/c1-8-9-10-11-12-13-14-15-16-17-18-19-20-21-22-23-24-34-31(36)37-30-26-27(32(2,3)4)29(35)25-28(30)33(5,6)7/h25-26,35H,8-24H2,1-7H3,(H,34,36). The quantitative estimate of drug-likeness (QED) is 0.190. The van der Waals surface area contributed by atoms with Gasteiger partial charge in [-0.15, -0.1) is 0 Å². The molecule has 2 N–H and O–H groups in total. The van der Waals surface area contributed by atoms with Gasteiger partial charge in [-0.05, 0) is 29.4 Å². The number of phenolic OH excluding ortho intramolecular Hbond substituents is 1. The number of aromatic hydroxyl groups is 1. The summed E-state index contributed by atoms with van der Waals surface area (Å²) in [4.78, 5) is 12.5. The fourth-order valence-electron chi connectivity index (χ4n) is 4.84. The molecule has 0 fully saturated rings. The van der Waals surface area contributed by atoms with Crippen molar-refractivity contribution in [2.24, 2.45) is 0 Å². The van der Waals surface area contributed by atoms with E-state index in [1.54, 1.807) is 6.07 Å². The van der Waals surface area contributed by atoms with Gasteiger partial charge in [0.25, 0.3) is 0 Å². The van der Waals surface area contributed by atoms with E-state index >= 15 is 0 Å². The summed E-state index contributed by atoms with van der Waals surface area (Å²) in [5.41, 5.74) is 1.11. The molecule has 0 aliphatic carbocycles. The summed E-state index contributed by atoms with van der Waals surface area (Å²) in [7, 11) is 0. The summed E-state index contributed by atoms with van der Waals surface area (Å²) >= 11 is 0. The largest absolute Gasteiger partial charge is 0.508 e. The van der Waals surface area contributed by atoms with Crippen molar-refractivity contribution in [3.8, 4) is 11.5 Å². The molecule has 1 aromatic carbocycles. The summed E-state index contributed by atoms with van der Waals surface area (Å²) in [6.07, 6.45) is 21.0. The number of rotatable bonds is 18. The number of unbranched alkanes of at least 4 members (excludes halogenated alkanes) is 15. The molecule has 0 radical (unpaired) electrons. The van der Waals surface area contributed by atoms with Crippen LogP contribution in [-0.4, -0.2) is 17.7 Å². The molecule has 0 atom stereocenters. The average Bonchev–Trinajstić information content (AvgIpc) is 2.80. The Morgan fingerprint density at radius 3 is 1.49 bits per heavy atom. The maximum atomic E-state index is 12.5. The number of carbonyl (C=O) groups excluding carboxylic acids is 1. The summed E-state index contributed by atoms with van der Waals surface area (Å²) in [6.45, 7) is 15.2. The molecule has 4 heteroatoms. The van der Waals surface area contributed by atoms with Crippen LogP contribution >= 0.6 is 0 Å². The molecule has 0 unspecified atom stereocenters. The van der Waals surface area contributed by atoms with Crippen molar-refractivity contribution < 1.29 is 14.6 Å². The number of hydrogen-bond acceptors (Lipinski definition) is 3. The first-order valence-electron chi connectivity index (χ1n) is 15.3. The van der Waals surface area contributed by atoms with Gasteiger partial charge in [-0.2, -0.15) is 0 Å². The zero-order valence-electron chi connectivity index (χ0n) is 25.4. The highest BCUT2D eigenvalue weighted by Crippen LogP contribution is 2.40. The normalized spacial score (nSPS) is 12.1. The maximum Gasteiger partial charge on any atom is 0.412 e. The van der Waals surface area contributed by atoms with E-state index in [1.807, 2.05) is 26.8 Å². The number of phenols is 1. The summed E-state index contributed by atoms with van der Waals surface area (Å²) in [5.74, 6) is 0.776. The molecule has 0 spiro atoms. The molecule has 0 heterocycles. The van der Waals surface area contributed by atoms with Crippen molar-refractivity contribution in [3.63, 3.8) is 0 Å². The number of benzene rings is 1. The first-order chi connectivity index (χ1) is 17.5. The zero-order chi connectivity index (χ0) is 27.7. The van der Waals surface area contributed by atoms with Gasteiger partial charge in [-0.25, -0.2) is 4.79 Å². The third-order valence-electron chi connectivity index (χ3n) is 7.22. The lowest BCUT2D eigenvalue weighted by Crippen LogP contribution is -2.29. The van der Waals surface area contributed by atoms with Crippen LogP contribution in [0.4, 0.5) is 4.79 Å². The van der Waals surface area contributed by atoms with Crippen LogP contribution in [0.25, 0.3) is 0 Å². The first kappa shape index (κ1) is 33.3. The molecule has 1 amide bonds. The highest BCUT2D eigenvalue weighted by Gasteiger charge is 2.27. The van der Waals surface area contributed by atoms with Crippen molar-refractivity contribution in [2.75, 3.05) is 6.54 Å². The van der Waals surface area contributed by atoms with Crippen LogP contribution in [0.3, 0.4) is 0 Å². The van der Waals surface area contributed by atoms with Crippen LogP contribution < -0.4 is 10.1 Å². The van der Waals surface area contributed by atoms with Gasteiger partial charge in [0.1, 0.15) is 11.5 Å². The number of hydrogen-bond donors (Lipinski definition) is 2. The van der Waals surface area contributed by atoms with Crippen molar-refractivity contribution in [1.82, 2.24) is 5.32 Å². The Bertz CT molecular complexity index is 758. The predicted octanol–water partition coefficient (Wildman–Crippen LogP) is 10.3. The number of nitrogens with one attached hydrogen (secondary N) is 1. The molecule has 0 aliphatic rings. The van der Waals surface area contributed by atoms with Gasteiger partial charge in [0.15, 0.2) is 0 Å². The fraction of sp³-hybridized carbons (Fsp3) is 0.788. The lowest BCUT2D eigenvalue weighted by atomic mass is 9.81. The smallest absolute Gasteiger partial charge is 0.412 e. The number of carbonyl (C=O) groups is 1. The van der Waals surface area contributed by atoms with Gasteiger partial charge in [0, 0.05) is 17.7 Å². The third kappa shape index (κ3) is 14.7. The molecule has 0 aliphatic heterocycles. The topological polar surface area (TPSA) is 58.6 Å². The van der Waals surface area contributed by atoms with Crippen LogP contribution in [0.5, 0.6) is 11.5 Å². The average molecular weight is 518 g/mol. The van der Waals surface area contributed by atoms with E-state index in [9.17, 15) is 9.90 Å². The Morgan fingerprint density at radius 1 is 0.676 bits per heavy atom. The van der Waals surface area contributed by atoms with Gasteiger partial charge < -0.3 is 15.2 Å². The van der Waals surface area contributed by atoms with Crippen LogP contribution in [0.2, 0.25) is 0 Å². The Hall–Kier alpha value is -1.71. The number of ether oxygens (including phenoxy) is 1. The van der Waals surface area contributed by atoms with Crippen LogP contribution in [0, 0.1) is 0 Å². The monoisotopic (exact) mass is 517 g/mol. The van der Waals surface area contributed by atoms with E-state index in [0.717, 1.165) is 24.0 Å². The van der Waals surface area contributed by atoms with Crippen LogP contribution in [0.1, 0.15) is 162 Å². The fourth-order valence-corrected chi connectivity index (χ4v) is 4.84. The Kier molecular flexibility index (Phi) is 16.0. The van der Waals surface area contributed by atoms with E-state index in [1.165, 1.54) is 89.9 Å². The molecule has 0 saturated heterocycles. The van der Waals surface area contributed by atoms with Crippen molar-refractivity contribution in [1.29, 1.82) is 0 Å². The van der Waals surface area contributed by atoms with Gasteiger partial charge >= 0.3 is 6.09 Å². The minimum atomic E-state index is -0.419. The van der Waals surface area contributed by atoms with Crippen molar-refractivity contribution >= 4 is 6.09 Å². The molecule has 4 nitrogen and oxygen atoms in total. The van der Waals surface area contributed by atoms with E-state index in [4.69, 9.17) is 4.74 Å². The van der Waals surface area contributed by atoms with E-state index < -0.39 is 6.09 Å². The van der Waals surface area contributed by atoms with Gasteiger partial charge in [0.05, 0.1) is 0 Å². The molecule has 1 rings (SSSR count). The predicted molar refractivity (Wildman–Crippen MR) is 159 cm³/mol. The third-order valence-corrected chi connectivity index (χ3v) is 7.22. The molecular weight excluding hydrogens is 458 g/mol. The van der Waals surface area contributed by atoms with E-state index in [-0.39, 0.29) is 16.6 Å². The first-order valence-corrected chi connectivity index (χ1v) is 15.3. The Morgan fingerprint density at radius 2 is 1.08 bits per heavy atom. The minimum Gasteiger partial charge on any atom is -0.508 e. The Balaban J connectivity index is 2.18. The molecule has 0 aromatic heterocycles. The minimum absolute atomic E-state index is 0.247. The zero-order valence-corrected chi connectivity index (χ0v) is 25.4. The van der Waals surface area contributed by atoms with Crippen LogP contribution in [-0.2, 0) is 10.8 Å². The maximum absolute atomic E-state index is 12.5. The second-order valence-electron chi connectivity index (χ2n) is 13.0. The van der Waals surface area contributed by atoms with Gasteiger partial charge in [-0.3, -0.25) is 0 Å². The van der Waals surface area contributed by atoms with Crippen LogP contribution in [0.15, 0.2) is 12.1 Å². The summed E-state index contributed by atoms with van der Waals surface area (Å²) < 4.78 is 5.73. The summed E-state index contributed by atoms with van der Waals surface area (Å²) in [6, 6.07) is 3.57. The molecular formula is C33H59NO3. The highest BCUT2D eigenvalue weighted by atomic mass is 16.6. The van der Waals surface area contributed by atoms with Gasteiger partial charge in [0.2, 0.25) is 0 Å². The van der Waals surface area contributed by atoms with Crippen molar-refractivity contribution in [2.45, 2.75) is 162 Å². The number of amides is 1. The molecule has 1 aromatic rings. The van der Waals surface area contributed by atoms with E-state index in [2.05, 4.69) is 33.0 Å².